The van der Waals surface area contributed by atoms with Gasteiger partial charge in [0.2, 0.25) is 5.88 Å². The van der Waals surface area contributed by atoms with E-state index in [-0.39, 0.29) is 18.4 Å². The maximum Gasteiger partial charge on any atom is 0.308 e. The number of ether oxygens (including phenoxy) is 2. The summed E-state index contributed by atoms with van der Waals surface area (Å²) in [4.78, 5) is 21.7. The van der Waals surface area contributed by atoms with Gasteiger partial charge in [-0.05, 0) is 86.4 Å². The van der Waals surface area contributed by atoms with Crippen LogP contribution >= 0.6 is 0 Å². The molecule has 1 aliphatic carbocycles. The SMILES string of the molecule is CCOC(=O)CC(c1ccc(OC)nc1)n1ncc2cc(CCc3ccc4c(n3)CCCC4)ccc21. The van der Waals surface area contributed by atoms with E-state index >= 15 is 0 Å². The first-order valence-electron chi connectivity index (χ1n) is 12.7. The molecule has 7 nitrogen and oxygen atoms in total. The summed E-state index contributed by atoms with van der Waals surface area (Å²) in [6.07, 6.45) is 10.4. The molecule has 4 aromatic rings. The monoisotopic (exact) mass is 484 g/mol. The van der Waals surface area contributed by atoms with Gasteiger partial charge in [-0.2, -0.15) is 5.10 Å². The van der Waals surface area contributed by atoms with E-state index < -0.39 is 0 Å². The van der Waals surface area contributed by atoms with Crippen molar-refractivity contribution in [2.45, 2.75) is 57.9 Å². The van der Waals surface area contributed by atoms with Crippen molar-refractivity contribution in [1.82, 2.24) is 19.7 Å². The number of esters is 1. The fraction of sp³-hybridized carbons (Fsp3) is 0.379. The predicted octanol–water partition coefficient (Wildman–Crippen LogP) is 5.04. The molecular formula is C29H32N4O3. The lowest BCUT2D eigenvalue weighted by molar-refractivity contribution is -0.143. The van der Waals surface area contributed by atoms with Crippen molar-refractivity contribution in [2.24, 2.45) is 0 Å². The Morgan fingerprint density at radius 3 is 2.75 bits per heavy atom. The molecule has 1 aliphatic rings. The van der Waals surface area contributed by atoms with Gasteiger partial charge in [-0.15, -0.1) is 0 Å². The number of methoxy groups -OCH3 is 1. The fourth-order valence-corrected chi connectivity index (χ4v) is 4.98. The summed E-state index contributed by atoms with van der Waals surface area (Å²) in [5.41, 5.74) is 6.95. The molecule has 0 radical (unpaired) electrons. The highest BCUT2D eigenvalue weighted by atomic mass is 16.5. The molecular weight excluding hydrogens is 452 g/mol. The number of fused-ring (bicyclic) bond motifs is 2. The highest BCUT2D eigenvalue weighted by Crippen LogP contribution is 2.28. The van der Waals surface area contributed by atoms with Gasteiger partial charge in [-0.25, -0.2) is 4.98 Å². The number of hydrogen-bond donors (Lipinski definition) is 0. The molecule has 36 heavy (non-hydrogen) atoms. The minimum absolute atomic E-state index is 0.171. The third-order valence-corrected chi connectivity index (χ3v) is 6.88. The summed E-state index contributed by atoms with van der Waals surface area (Å²) < 4.78 is 12.3. The van der Waals surface area contributed by atoms with Crippen LogP contribution in [0, 0.1) is 0 Å². The second-order valence-electron chi connectivity index (χ2n) is 9.26. The highest BCUT2D eigenvalue weighted by molar-refractivity contribution is 5.80. The molecule has 0 N–H and O–H groups in total. The summed E-state index contributed by atoms with van der Waals surface area (Å²) >= 11 is 0. The summed E-state index contributed by atoms with van der Waals surface area (Å²) in [5.74, 6) is 0.258. The van der Waals surface area contributed by atoms with E-state index in [2.05, 4.69) is 40.4 Å². The van der Waals surface area contributed by atoms with Crippen molar-refractivity contribution in [3.05, 3.63) is 82.9 Å². The predicted molar refractivity (Wildman–Crippen MR) is 138 cm³/mol. The zero-order chi connectivity index (χ0) is 24.9. The molecule has 0 saturated carbocycles. The number of hydrogen-bond acceptors (Lipinski definition) is 6. The van der Waals surface area contributed by atoms with Crippen molar-refractivity contribution in [3.8, 4) is 5.88 Å². The van der Waals surface area contributed by atoms with Crippen LogP contribution in [0.1, 0.15) is 60.3 Å². The summed E-state index contributed by atoms with van der Waals surface area (Å²) in [6.45, 7) is 2.15. The number of carbonyl (C=O) groups excluding carboxylic acids is 1. The Hall–Kier alpha value is -3.74. The molecule has 7 heteroatoms. The van der Waals surface area contributed by atoms with Crippen LogP contribution in [0.3, 0.4) is 0 Å². The zero-order valence-electron chi connectivity index (χ0n) is 20.9. The van der Waals surface area contributed by atoms with Crippen LogP contribution in [0.15, 0.2) is 54.9 Å². The Bertz CT molecular complexity index is 1350. The van der Waals surface area contributed by atoms with Gasteiger partial charge < -0.3 is 9.47 Å². The van der Waals surface area contributed by atoms with Gasteiger partial charge in [0.15, 0.2) is 0 Å². The van der Waals surface area contributed by atoms with Crippen molar-refractivity contribution in [1.29, 1.82) is 0 Å². The Kier molecular flexibility index (Phi) is 7.26. The van der Waals surface area contributed by atoms with Gasteiger partial charge >= 0.3 is 5.97 Å². The van der Waals surface area contributed by atoms with Crippen LogP contribution in [0.4, 0.5) is 0 Å². The van der Waals surface area contributed by atoms with Gasteiger partial charge in [-0.3, -0.25) is 14.5 Å². The van der Waals surface area contributed by atoms with Crippen LogP contribution in [0.2, 0.25) is 0 Å². The Labute approximate surface area is 211 Å². The lowest BCUT2D eigenvalue weighted by Crippen LogP contribution is -2.18. The van der Waals surface area contributed by atoms with Crippen LogP contribution < -0.4 is 4.74 Å². The Balaban J connectivity index is 1.37. The van der Waals surface area contributed by atoms with Crippen LogP contribution in [-0.4, -0.2) is 39.4 Å². The Morgan fingerprint density at radius 2 is 1.94 bits per heavy atom. The standard InChI is InChI=1S/C29H32N4O3/c1-3-36-29(34)17-27(22-11-15-28(35-2)30-18-22)33-26-14-9-20(16-23(26)19-31-33)8-12-24-13-10-21-6-4-5-7-25(21)32-24/h9-11,13-16,18-19,27H,3-8,12,17H2,1-2H3. The number of aryl methyl sites for hydroxylation is 4. The van der Waals surface area contributed by atoms with Crippen LogP contribution in [0.5, 0.6) is 5.88 Å². The zero-order valence-corrected chi connectivity index (χ0v) is 20.9. The van der Waals surface area contributed by atoms with Crippen molar-refractivity contribution < 1.29 is 14.3 Å². The van der Waals surface area contributed by atoms with Crippen molar-refractivity contribution in [3.63, 3.8) is 0 Å². The molecule has 5 rings (SSSR count). The molecule has 0 aliphatic heterocycles. The molecule has 1 atom stereocenters. The summed E-state index contributed by atoms with van der Waals surface area (Å²) in [6, 6.07) is 14.3. The van der Waals surface area contributed by atoms with Crippen LogP contribution in [-0.2, 0) is 35.2 Å². The molecule has 0 saturated heterocycles. The third-order valence-electron chi connectivity index (χ3n) is 6.88. The van der Waals surface area contributed by atoms with E-state index in [1.54, 1.807) is 19.4 Å². The van der Waals surface area contributed by atoms with E-state index in [1.165, 1.54) is 29.7 Å². The second kappa shape index (κ2) is 10.9. The van der Waals surface area contributed by atoms with E-state index in [0.29, 0.717) is 12.5 Å². The second-order valence-corrected chi connectivity index (χ2v) is 9.26. The minimum Gasteiger partial charge on any atom is -0.481 e. The number of rotatable bonds is 9. The molecule has 186 valence electrons. The summed E-state index contributed by atoms with van der Waals surface area (Å²) in [7, 11) is 1.58. The van der Waals surface area contributed by atoms with E-state index in [9.17, 15) is 4.79 Å². The molecule has 3 aromatic heterocycles. The topological polar surface area (TPSA) is 79.1 Å². The van der Waals surface area contributed by atoms with Crippen LogP contribution in [0.25, 0.3) is 10.9 Å². The minimum atomic E-state index is -0.328. The largest absolute Gasteiger partial charge is 0.481 e. The summed E-state index contributed by atoms with van der Waals surface area (Å²) in [5, 5.41) is 5.72. The maximum atomic E-state index is 12.4. The molecule has 0 fully saturated rings. The fourth-order valence-electron chi connectivity index (χ4n) is 4.98. The smallest absolute Gasteiger partial charge is 0.308 e. The number of carbonyl (C=O) groups is 1. The first-order chi connectivity index (χ1) is 17.6. The van der Waals surface area contributed by atoms with Gasteiger partial charge in [0.25, 0.3) is 0 Å². The first-order valence-corrected chi connectivity index (χ1v) is 12.7. The number of pyridine rings is 2. The quantitative estimate of drug-likeness (QED) is 0.310. The third kappa shape index (κ3) is 5.25. The maximum absolute atomic E-state index is 12.4. The average Bonchev–Trinajstić information content (AvgIpc) is 3.34. The van der Waals surface area contributed by atoms with Gasteiger partial charge in [0, 0.05) is 29.0 Å². The van der Waals surface area contributed by atoms with E-state index in [1.807, 2.05) is 23.9 Å². The van der Waals surface area contributed by atoms with E-state index in [0.717, 1.165) is 47.8 Å². The molecule has 3 heterocycles. The lowest BCUT2D eigenvalue weighted by Gasteiger charge is -2.18. The van der Waals surface area contributed by atoms with Gasteiger partial charge in [0.05, 0.1) is 37.9 Å². The van der Waals surface area contributed by atoms with Gasteiger partial charge in [0.1, 0.15) is 0 Å². The van der Waals surface area contributed by atoms with Gasteiger partial charge in [-0.1, -0.05) is 12.1 Å². The molecule has 0 amide bonds. The number of aromatic nitrogens is 4. The van der Waals surface area contributed by atoms with Crippen molar-refractivity contribution in [2.75, 3.05) is 13.7 Å². The average molecular weight is 485 g/mol. The number of nitrogens with zero attached hydrogens (tertiary/aromatic N) is 4. The normalized spacial score (nSPS) is 13.8. The first kappa shape index (κ1) is 24.0. The van der Waals surface area contributed by atoms with Crippen molar-refractivity contribution >= 4 is 16.9 Å². The molecule has 0 spiro atoms. The highest BCUT2D eigenvalue weighted by Gasteiger charge is 2.22. The molecule has 0 bridgehead atoms. The lowest BCUT2D eigenvalue weighted by atomic mass is 9.95. The number of benzene rings is 1. The van der Waals surface area contributed by atoms with E-state index in [4.69, 9.17) is 14.5 Å². The Morgan fingerprint density at radius 1 is 1.06 bits per heavy atom. The molecule has 1 aromatic carbocycles. The molecule has 1 unspecified atom stereocenters.